The first-order chi connectivity index (χ1) is 7.36. The highest BCUT2D eigenvalue weighted by Crippen LogP contribution is 2.33. The van der Waals surface area contributed by atoms with E-state index in [-0.39, 0.29) is 0 Å². The second-order valence-electron chi connectivity index (χ2n) is 5.13. The average molecular weight is 275 g/mol. The molecule has 1 aliphatic carbocycles. The summed E-state index contributed by atoms with van der Waals surface area (Å²) in [6.07, 6.45) is 13.0. The van der Waals surface area contributed by atoms with Crippen molar-refractivity contribution in [3.05, 3.63) is 0 Å². The van der Waals surface area contributed by atoms with Crippen molar-refractivity contribution < 1.29 is 4.74 Å². The second-order valence-corrected chi connectivity index (χ2v) is 6.30. The fraction of sp³-hybridized carbons (Fsp3) is 1.00. The molecule has 0 aromatic carbocycles. The van der Waals surface area contributed by atoms with Crippen molar-refractivity contribution in [2.45, 2.75) is 68.7 Å². The summed E-state index contributed by atoms with van der Waals surface area (Å²) in [6, 6.07) is 0. The summed E-state index contributed by atoms with van der Waals surface area (Å²) in [6.45, 7) is 1.01. The van der Waals surface area contributed by atoms with Crippen LogP contribution in [0.4, 0.5) is 0 Å². The smallest absolute Gasteiger partial charge is 0.0576 e. The summed E-state index contributed by atoms with van der Waals surface area (Å²) in [5, 5.41) is 0. The van der Waals surface area contributed by atoms with Crippen LogP contribution in [-0.2, 0) is 4.74 Å². The monoisotopic (exact) mass is 274 g/mol. The first kappa shape index (κ1) is 11.9. The minimum absolute atomic E-state index is 0.591. The molecule has 1 aliphatic heterocycles. The molecule has 3 unspecified atom stereocenters. The summed E-state index contributed by atoms with van der Waals surface area (Å²) in [7, 11) is 0. The molecule has 1 nitrogen and oxygen atoms in total. The average Bonchev–Trinajstić information content (AvgIpc) is 2.67. The van der Waals surface area contributed by atoms with Crippen molar-refractivity contribution in [3.8, 4) is 0 Å². The Kier molecular flexibility index (Phi) is 4.96. The summed E-state index contributed by atoms with van der Waals surface area (Å²) in [5.74, 6) is 0.914. The van der Waals surface area contributed by atoms with Crippen LogP contribution in [0.2, 0.25) is 0 Å². The molecule has 2 fully saturated rings. The van der Waals surface area contributed by atoms with Crippen LogP contribution in [0.3, 0.4) is 0 Å². The Labute approximate surface area is 102 Å². The van der Waals surface area contributed by atoms with E-state index in [4.69, 9.17) is 4.74 Å². The number of alkyl halides is 1. The SMILES string of the molecule is BrC1CCCCCC1CCC1CCCO1. The van der Waals surface area contributed by atoms with Gasteiger partial charge >= 0.3 is 0 Å². The van der Waals surface area contributed by atoms with E-state index in [1.165, 1.54) is 57.8 Å². The highest BCUT2D eigenvalue weighted by Gasteiger charge is 2.23. The maximum absolute atomic E-state index is 5.70. The van der Waals surface area contributed by atoms with Crippen LogP contribution in [0.5, 0.6) is 0 Å². The first-order valence-corrected chi connectivity index (χ1v) is 7.53. The van der Waals surface area contributed by atoms with Gasteiger partial charge in [-0.1, -0.05) is 35.2 Å². The highest BCUT2D eigenvalue weighted by molar-refractivity contribution is 9.09. The summed E-state index contributed by atoms with van der Waals surface area (Å²) < 4.78 is 5.70. The number of halogens is 1. The zero-order valence-electron chi connectivity index (χ0n) is 9.59. The lowest BCUT2D eigenvalue weighted by Crippen LogP contribution is -2.16. The topological polar surface area (TPSA) is 9.23 Å². The van der Waals surface area contributed by atoms with Crippen LogP contribution in [0, 0.1) is 5.92 Å². The van der Waals surface area contributed by atoms with Gasteiger partial charge in [-0.15, -0.1) is 0 Å². The van der Waals surface area contributed by atoms with Gasteiger partial charge in [0.2, 0.25) is 0 Å². The van der Waals surface area contributed by atoms with E-state index < -0.39 is 0 Å². The molecule has 2 heteroatoms. The zero-order valence-corrected chi connectivity index (χ0v) is 11.2. The molecular weight excluding hydrogens is 252 g/mol. The molecule has 1 heterocycles. The quantitative estimate of drug-likeness (QED) is 0.551. The minimum Gasteiger partial charge on any atom is -0.378 e. The lowest BCUT2D eigenvalue weighted by atomic mass is 9.93. The van der Waals surface area contributed by atoms with E-state index in [0.29, 0.717) is 6.10 Å². The van der Waals surface area contributed by atoms with Crippen LogP contribution in [-0.4, -0.2) is 17.5 Å². The van der Waals surface area contributed by atoms with Gasteiger partial charge in [-0.25, -0.2) is 0 Å². The highest BCUT2D eigenvalue weighted by atomic mass is 79.9. The van der Waals surface area contributed by atoms with E-state index in [9.17, 15) is 0 Å². The lowest BCUT2D eigenvalue weighted by Gasteiger charge is -2.21. The van der Waals surface area contributed by atoms with Gasteiger partial charge in [-0.2, -0.15) is 0 Å². The lowest BCUT2D eigenvalue weighted by molar-refractivity contribution is 0.0976. The molecule has 0 radical (unpaired) electrons. The molecule has 2 aliphatic rings. The Balaban J connectivity index is 1.71. The summed E-state index contributed by atoms with van der Waals surface area (Å²) in [4.78, 5) is 0.779. The van der Waals surface area contributed by atoms with Crippen LogP contribution >= 0.6 is 15.9 Å². The van der Waals surface area contributed by atoms with E-state index >= 15 is 0 Å². The first-order valence-electron chi connectivity index (χ1n) is 6.62. The predicted octanol–water partition coefficient (Wildman–Crippen LogP) is 4.29. The molecule has 1 saturated carbocycles. The van der Waals surface area contributed by atoms with Gasteiger partial charge in [0.05, 0.1) is 6.10 Å². The second kappa shape index (κ2) is 6.24. The maximum Gasteiger partial charge on any atom is 0.0576 e. The fourth-order valence-corrected chi connectivity index (χ4v) is 3.79. The van der Waals surface area contributed by atoms with Crippen LogP contribution in [0.25, 0.3) is 0 Å². The molecule has 0 bridgehead atoms. The van der Waals surface area contributed by atoms with Crippen LogP contribution in [0.15, 0.2) is 0 Å². The molecule has 88 valence electrons. The van der Waals surface area contributed by atoms with Gasteiger partial charge in [0, 0.05) is 11.4 Å². The molecule has 0 aromatic rings. The molecule has 1 saturated heterocycles. The Hall–Kier alpha value is 0.440. The predicted molar refractivity (Wildman–Crippen MR) is 67.5 cm³/mol. The molecular formula is C13H23BrO. The molecule has 0 amide bonds. The van der Waals surface area contributed by atoms with Crippen LogP contribution < -0.4 is 0 Å². The molecule has 3 atom stereocenters. The standard InChI is InChI=1S/C13H23BrO/c14-13-7-3-1-2-5-11(13)8-9-12-6-4-10-15-12/h11-13H,1-10H2. The van der Waals surface area contributed by atoms with Crippen LogP contribution in [0.1, 0.15) is 57.8 Å². The number of ether oxygens (including phenoxy) is 1. The third-order valence-corrected chi connectivity index (χ3v) is 5.16. The molecule has 0 spiro atoms. The third-order valence-electron chi connectivity index (χ3n) is 3.95. The van der Waals surface area contributed by atoms with Crippen molar-refractivity contribution in [1.29, 1.82) is 0 Å². The van der Waals surface area contributed by atoms with Crippen molar-refractivity contribution in [2.75, 3.05) is 6.61 Å². The van der Waals surface area contributed by atoms with Gasteiger partial charge in [-0.3, -0.25) is 0 Å². The van der Waals surface area contributed by atoms with Crippen molar-refractivity contribution in [1.82, 2.24) is 0 Å². The minimum atomic E-state index is 0.591. The largest absolute Gasteiger partial charge is 0.378 e. The third kappa shape index (κ3) is 3.74. The number of rotatable bonds is 3. The molecule has 0 aromatic heterocycles. The van der Waals surface area contributed by atoms with Gasteiger partial charge < -0.3 is 4.74 Å². The van der Waals surface area contributed by atoms with E-state index in [2.05, 4.69) is 15.9 Å². The van der Waals surface area contributed by atoms with E-state index in [1.807, 2.05) is 0 Å². The molecule has 2 rings (SSSR count). The summed E-state index contributed by atoms with van der Waals surface area (Å²) >= 11 is 3.87. The van der Waals surface area contributed by atoms with Gasteiger partial charge in [0.1, 0.15) is 0 Å². The van der Waals surface area contributed by atoms with E-state index in [1.54, 1.807) is 0 Å². The maximum atomic E-state index is 5.70. The molecule has 0 N–H and O–H groups in total. The Morgan fingerprint density at radius 3 is 2.60 bits per heavy atom. The molecule has 15 heavy (non-hydrogen) atoms. The Morgan fingerprint density at radius 2 is 1.80 bits per heavy atom. The van der Waals surface area contributed by atoms with Crippen molar-refractivity contribution >= 4 is 15.9 Å². The number of hydrogen-bond acceptors (Lipinski definition) is 1. The van der Waals surface area contributed by atoms with Crippen molar-refractivity contribution in [3.63, 3.8) is 0 Å². The number of hydrogen-bond donors (Lipinski definition) is 0. The van der Waals surface area contributed by atoms with Gasteiger partial charge in [-0.05, 0) is 44.4 Å². The fourth-order valence-electron chi connectivity index (χ4n) is 2.94. The van der Waals surface area contributed by atoms with E-state index in [0.717, 1.165) is 17.4 Å². The summed E-state index contributed by atoms with van der Waals surface area (Å²) in [5.41, 5.74) is 0. The Bertz CT molecular complexity index is 177. The normalized spacial score (nSPS) is 37.8. The van der Waals surface area contributed by atoms with Gasteiger partial charge in [0.25, 0.3) is 0 Å². The van der Waals surface area contributed by atoms with Crippen molar-refractivity contribution in [2.24, 2.45) is 5.92 Å². The Morgan fingerprint density at radius 1 is 0.933 bits per heavy atom. The van der Waals surface area contributed by atoms with Gasteiger partial charge in [0.15, 0.2) is 0 Å². The zero-order chi connectivity index (χ0) is 10.5.